The molecule has 0 bridgehead atoms. The lowest BCUT2D eigenvalue weighted by Gasteiger charge is -2.06. The van der Waals surface area contributed by atoms with Crippen LogP contribution in [0.1, 0.15) is 16.0 Å². The van der Waals surface area contributed by atoms with Crippen LogP contribution in [0.15, 0.2) is 72.8 Å². The molecule has 26 heavy (non-hydrogen) atoms. The van der Waals surface area contributed by atoms with E-state index in [0.717, 1.165) is 22.5 Å². The van der Waals surface area contributed by atoms with Crippen LogP contribution in [0, 0.1) is 20.8 Å². The summed E-state index contributed by atoms with van der Waals surface area (Å²) in [4.78, 5) is 7.58. The summed E-state index contributed by atoms with van der Waals surface area (Å²) in [5.74, 6) is 0. The first-order chi connectivity index (χ1) is 12.6. The summed E-state index contributed by atoms with van der Waals surface area (Å²) in [6.07, 6.45) is 0. The fourth-order valence-corrected chi connectivity index (χ4v) is 4.04. The maximum atomic E-state index is 4.87. The fraction of sp³-hybridized carbons (Fsp3) is 0.125. The molecule has 128 valence electrons. The molecule has 0 spiro atoms. The Balaban J connectivity index is 1.65. The summed E-state index contributed by atoms with van der Waals surface area (Å²) in [7, 11) is 0. The number of aryl methyl sites for hydroxylation is 3. The maximum Gasteiger partial charge on any atom is 0.0709 e. The SMILES string of the molecule is Cc1ccc(-c2cccc(-c3ccc(-c4cc(C)c(C)s4)cc3)n2)cc1. The third-order valence-corrected chi connectivity index (χ3v) is 5.93. The van der Waals surface area contributed by atoms with Gasteiger partial charge in [-0.3, -0.25) is 0 Å². The molecule has 0 amide bonds. The van der Waals surface area contributed by atoms with E-state index in [2.05, 4.69) is 93.6 Å². The van der Waals surface area contributed by atoms with Crippen LogP contribution < -0.4 is 0 Å². The van der Waals surface area contributed by atoms with Gasteiger partial charge in [-0.1, -0.05) is 60.2 Å². The quantitative estimate of drug-likeness (QED) is 0.383. The first-order valence-electron chi connectivity index (χ1n) is 8.82. The summed E-state index contributed by atoms with van der Waals surface area (Å²) in [6.45, 7) is 6.45. The predicted octanol–water partition coefficient (Wildman–Crippen LogP) is 7.07. The zero-order valence-corrected chi connectivity index (χ0v) is 16.1. The zero-order valence-electron chi connectivity index (χ0n) is 15.3. The van der Waals surface area contributed by atoms with Crippen LogP contribution in [-0.4, -0.2) is 4.98 Å². The number of nitrogens with zero attached hydrogens (tertiary/aromatic N) is 1. The van der Waals surface area contributed by atoms with Crippen LogP contribution in [0.25, 0.3) is 33.0 Å². The minimum absolute atomic E-state index is 1.01. The molecule has 1 nitrogen and oxygen atoms in total. The molecule has 0 radical (unpaired) electrons. The minimum atomic E-state index is 1.01. The second kappa shape index (κ2) is 6.89. The van der Waals surface area contributed by atoms with Crippen molar-refractivity contribution in [3.8, 4) is 33.0 Å². The number of pyridine rings is 1. The molecule has 2 aromatic heterocycles. The molecule has 4 rings (SSSR count). The van der Waals surface area contributed by atoms with E-state index in [9.17, 15) is 0 Å². The van der Waals surface area contributed by atoms with Gasteiger partial charge in [0.2, 0.25) is 0 Å². The third kappa shape index (κ3) is 3.33. The Kier molecular flexibility index (Phi) is 4.44. The minimum Gasteiger partial charge on any atom is -0.248 e. The summed E-state index contributed by atoms with van der Waals surface area (Å²) in [5, 5.41) is 0. The summed E-state index contributed by atoms with van der Waals surface area (Å²) < 4.78 is 0. The van der Waals surface area contributed by atoms with Gasteiger partial charge in [-0.25, -0.2) is 4.98 Å². The van der Waals surface area contributed by atoms with Crippen molar-refractivity contribution >= 4 is 11.3 Å². The van der Waals surface area contributed by atoms with Crippen molar-refractivity contribution in [1.82, 2.24) is 4.98 Å². The van der Waals surface area contributed by atoms with Crippen LogP contribution in [0.3, 0.4) is 0 Å². The lowest BCUT2D eigenvalue weighted by atomic mass is 10.1. The topological polar surface area (TPSA) is 12.9 Å². The Hall–Kier alpha value is -2.71. The van der Waals surface area contributed by atoms with Gasteiger partial charge >= 0.3 is 0 Å². The Morgan fingerprint density at radius 1 is 0.654 bits per heavy atom. The Morgan fingerprint density at radius 3 is 1.73 bits per heavy atom. The fourth-order valence-electron chi connectivity index (χ4n) is 3.00. The van der Waals surface area contributed by atoms with Gasteiger partial charge in [-0.2, -0.15) is 0 Å². The summed E-state index contributed by atoms with van der Waals surface area (Å²) >= 11 is 1.85. The average Bonchev–Trinajstić information content (AvgIpc) is 3.01. The zero-order chi connectivity index (χ0) is 18.1. The van der Waals surface area contributed by atoms with Crippen LogP contribution >= 0.6 is 11.3 Å². The van der Waals surface area contributed by atoms with E-state index in [1.54, 1.807) is 0 Å². The number of rotatable bonds is 3. The molecule has 2 heteroatoms. The third-order valence-electron chi connectivity index (χ3n) is 4.73. The second-order valence-electron chi connectivity index (χ2n) is 6.70. The molecule has 0 fully saturated rings. The summed E-state index contributed by atoms with van der Waals surface area (Å²) in [5.41, 5.74) is 8.21. The highest BCUT2D eigenvalue weighted by Crippen LogP contribution is 2.32. The first kappa shape index (κ1) is 16.7. The van der Waals surface area contributed by atoms with E-state index in [-0.39, 0.29) is 0 Å². The molecule has 4 aromatic rings. The van der Waals surface area contributed by atoms with Crippen molar-refractivity contribution in [2.75, 3.05) is 0 Å². The number of thiophene rings is 1. The van der Waals surface area contributed by atoms with Gasteiger partial charge in [0.25, 0.3) is 0 Å². The highest BCUT2D eigenvalue weighted by atomic mass is 32.1. The van der Waals surface area contributed by atoms with Gasteiger partial charge in [0.05, 0.1) is 11.4 Å². The molecule has 0 saturated heterocycles. The average molecular weight is 356 g/mol. The van der Waals surface area contributed by atoms with Gasteiger partial charge < -0.3 is 0 Å². The van der Waals surface area contributed by atoms with Crippen molar-refractivity contribution in [3.05, 3.63) is 88.8 Å². The van der Waals surface area contributed by atoms with Crippen LogP contribution in [0.2, 0.25) is 0 Å². The first-order valence-corrected chi connectivity index (χ1v) is 9.64. The number of benzene rings is 2. The standard InChI is InChI=1S/C24H21NS/c1-16-7-9-19(10-8-16)22-5-4-6-23(25-22)20-11-13-21(14-12-20)24-15-17(2)18(3)26-24/h4-15H,1-3H3. The molecule has 0 atom stereocenters. The Bertz CT molecular complexity index is 1020. The van der Waals surface area contributed by atoms with E-state index in [1.807, 2.05) is 11.3 Å². The Morgan fingerprint density at radius 2 is 1.19 bits per heavy atom. The Labute approximate surface area is 159 Å². The van der Waals surface area contributed by atoms with E-state index >= 15 is 0 Å². The smallest absolute Gasteiger partial charge is 0.0709 e. The van der Waals surface area contributed by atoms with Crippen molar-refractivity contribution in [2.24, 2.45) is 0 Å². The van der Waals surface area contributed by atoms with Crippen LogP contribution in [-0.2, 0) is 0 Å². The van der Waals surface area contributed by atoms with E-state index in [0.29, 0.717) is 0 Å². The molecular weight excluding hydrogens is 334 g/mol. The van der Waals surface area contributed by atoms with Gasteiger partial charge in [-0.05, 0) is 50.1 Å². The van der Waals surface area contributed by atoms with Crippen molar-refractivity contribution < 1.29 is 0 Å². The van der Waals surface area contributed by atoms with E-state index in [4.69, 9.17) is 4.98 Å². The van der Waals surface area contributed by atoms with E-state index < -0.39 is 0 Å². The molecular formula is C24H21NS. The van der Waals surface area contributed by atoms with Crippen molar-refractivity contribution in [3.63, 3.8) is 0 Å². The number of hydrogen-bond donors (Lipinski definition) is 0. The van der Waals surface area contributed by atoms with Crippen LogP contribution in [0.5, 0.6) is 0 Å². The molecule has 0 unspecified atom stereocenters. The van der Waals surface area contributed by atoms with Gasteiger partial charge in [0.1, 0.15) is 0 Å². The van der Waals surface area contributed by atoms with Gasteiger partial charge in [0.15, 0.2) is 0 Å². The highest BCUT2D eigenvalue weighted by molar-refractivity contribution is 7.15. The lowest BCUT2D eigenvalue weighted by Crippen LogP contribution is -1.88. The molecule has 0 aliphatic carbocycles. The van der Waals surface area contributed by atoms with Crippen molar-refractivity contribution in [1.29, 1.82) is 0 Å². The predicted molar refractivity (Wildman–Crippen MR) is 113 cm³/mol. The number of hydrogen-bond acceptors (Lipinski definition) is 2. The summed E-state index contributed by atoms with van der Waals surface area (Å²) in [6, 6.07) is 25.7. The van der Waals surface area contributed by atoms with Gasteiger partial charge in [-0.15, -0.1) is 11.3 Å². The molecule has 0 aliphatic rings. The normalized spacial score (nSPS) is 10.9. The van der Waals surface area contributed by atoms with Crippen LogP contribution in [0.4, 0.5) is 0 Å². The maximum absolute atomic E-state index is 4.87. The van der Waals surface area contributed by atoms with E-state index in [1.165, 1.54) is 26.4 Å². The lowest BCUT2D eigenvalue weighted by molar-refractivity contribution is 1.32. The number of aromatic nitrogens is 1. The molecule has 0 aliphatic heterocycles. The van der Waals surface area contributed by atoms with Gasteiger partial charge in [0, 0.05) is 20.9 Å². The molecule has 2 aromatic carbocycles. The molecule has 0 saturated carbocycles. The highest BCUT2D eigenvalue weighted by Gasteiger charge is 2.07. The molecule has 0 N–H and O–H groups in total. The molecule has 2 heterocycles. The van der Waals surface area contributed by atoms with Crippen molar-refractivity contribution in [2.45, 2.75) is 20.8 Å². The largest absolute Gasteiger partial charge is 0.248 e. The monoisotopic (exact) mass is 355 g/mol. The second-order valence-corrected chi connectivity index (χ2v) is 7.96.